The molecule has 0 fully saturated rings. The van der Waals surface area contributed by atoms with Crippen LogP contribution < -0.4 is 5.73 Å². The lowest BCUT2D eigenvalue weighted by Crippen LogP contribution is -2.22. The average Bonchev–Trinajstić information content (AvgIpc) is 2.48. The van der Waals surface area contributed by atoms with Crippen molar-refractivity contribution in [1.82, 2.24) is 0 Å². The highest BCUT2D eigenvalue weighted by atomic mass is 15.1. The maximum atomic E-state index is 6.12. The van der Waals surface area contributed by atoms with Crippen LogP contribution in [0.2, 0.25) is 0 Å². The van der Waals surface area contributed by atoms with Crippen molar-refractivity contribution in [2.75, 3.05) is 0 Å². The van der Waals surface area contributed by atoms with Gasteiger partial charge in [0, 0.05) is 6.04 Å². The molecule has 2 aromatic carbocycles. The summed E-state index contributed by atoms with van der Waals surface area (Å²) in [6, 6.07) is 18.0. The number of rotatable bonds is 6. The van der Waals surface area contributed by atoms with Gasteiger partial charge in [-0.1, -0.05) is 49.7 Å². The van der Waals surface area contributed by atoms with Gasteiger partial charge in [-0.3, -0.25) is 0 Å². The Morgan fingerprint density at radius 2 is 1.65 bits per heavy atom. The van der Waals surface area contributed by atoms with Crippen LogP contribution in [0.3, 0.4) is 0 Å². The van der Waals surface area contributed by atoms with E-state index in [-0.39, 0.29) is 6.04 Å². The quantitative estimate of drug-likeness (QED) is 0.753. The molecule has 1 atom stereocenters. The molecule has 0 amide bonds. The fourth-order valence-electron chi connectivity index (χ4n) is 2.14. The van der Waals surface area contributed by atoms with Crippen molar-refractivity contribution in [2.24, 2.45) is 16.0 Å². The lowest BCUT2D eigenvalue weighted by molar-refractivity contribution is 0.600. The molecule has 0 spiro atoms. The van der Waals surface area contributed by atoms with E-state index in [1.807, 2.05) is 48.5 Å². The number of benzene rings is 2. The standard InChI is InChI=1S/C17H21N3/c1-2-8-15(18)13-14-9-6-7-12-17(14)20-19-16-10-4-3-5-11-16/h3-7,9-12,15H,2,8,13,18H2,1H3. The first-order valence-corrected chi connectivity index (χ1v) is 7.10. The van der Waals surface area contributed by atoms with E-state index in [2.05, 4.69) is 23.2 Å². The molecule has 3 nitrogen and oxygen atoms in total. The van der Waals surface area contributed by atoms with Crippen LogP contribution in [0, 0.1) is 0 Å². The highest BCUT2D eigenvalue weighted by Gasteiger charge is 2.06. The molecule has 2 aromatic rings. The summed E-state index contributed by atoms with van der Waals surface area (Å²) in [5, 5.41) is 8.63. The Bertz CT molecular complexity index is 549. The van der Waals surface area contributed by atoms with Gasteiger partial charge >= 0.3 is 0 Å². The Kier molecular flexibility index (Phi) is 5.44. The molecule has 0 aliphatic carbocycles. The Morgan fingerprint density at radius 3 is 2.40 bits per heavy atom. The van der Waals surface area contributed by atoms with Gasteiger partial charge < -0.3 is 5.73 Å². The Morgan fingerprint density at radius 1 is 0.950 bits per heavy atom. The smallest absolute Gasteiger partial charge is 0.0889 e. The van der Waals surface area contributed by atoms with E-state index in [1.54, 1.807) is 0 Å². The van der Waals surface area contributed by atoms with E-state index < -0.39 is 0 Å². The molecule has 0 heterocycles. The summed E-state index contributed by atoms with van der Waals surface area (Å²) < 4.78 is 0. The van der Waals surface area contributed by atoms with Crippen LogP contribution in [0.15, 0.2) is 64.8 Å². The zero-order chi connectivity index (χ0) is 14.2. The third kappa shape index (κ3) is 4.28. The average molecular weight is 267 g/mol. The first-order chi connectivity index (χ1) is 9.79. The van der Waals surface area contributed by atoms with Gasteiger partial charge in [-0.15, -0.1) is 0 Å². The molecule has 0 saturated heterocycles. The van der Waals surface area contributed by atoms with Crippen LogP contribution >= 0.6 is 0 Å². The fourth-order valence-corrected chi connectivity index (χ4v) is 2.14. The van der Waals surface area contributed by atoms with Crippen LogP contribution in [0.4, 0.5) is 11.4 Å². The Labute approximate surface area is 120 Å². The van der Waals surface area contributed by atoms with E-state index in [4.69, 9.17) is 5.73 Å². The molecular weight excluding hydrogens is 246 g/mol. The summed E-state index contributed by atoms with van der Waals surface area (Å²) >= 11 is 0. The topological polar surface area (TPSA) is 50.7 Å². The normalized spacial score (nSPS) is 12.7. The van der Waals surface area contributed by atoms with Crippen molar-refractivity contribution in [2.45, 2.75) is 32.2 Å². The maximum Gasteiger partial charge on any atom is 0.0889 e. The molecule has 0 bridgehead atoms. The van der Waals surface area contributed by atoms with Crippen molar-refractivity contribution in [3.63, 3.8) is 0 Å². The molecule has 0 aromatic heterocycles. The minimum atomic E-state index is 0.188. The van der Waals surface area contributed by atoms with Gasteiger partial charge in [-0.2, -0.15) is 10.2 Å². The van der Waals surface area contributed by atoms with Crippen LogP contribution in [-0.4, -0.2) is 6.04 Å². The fraction of sp³-hybridized carbons (Fsp3) is 0.294. The summed E-state index contributed by atoms with van der Waals surface area (Å²) in [7, 11) is 0. The maximum absolute atomic E-state index is 6.12. The van der Waals surface area contributed by atoms with E-state index >= 15 is 0 Å². The predicted octanol–water partition coefficient (Wildman–Crippen LogP) is 4.77. The molecule has 20 heavy (non-hydrogen) atoms. The monoisotopic (exact) mass is 267 g/mol. The first kappa shape index (κ1) is 14.4. The molecular formula is C17H21N3. The van der Waals surface area contributed by atoms with E-state index in [9.17, 15) is 0 Å². The number of nitrogens with zero attached hydrogens (tertiary/aromatic N) is 2. The molecule has 104 valence electrons. The molecule has 1 unspecified atom stereocenters. The predicted molar refractivity (Wildman–Crippen MR) is 83.6 cm³/mol. The second kappa shape index (κ2) is 7.56. The zero-order valence-corrected chi connectivity index (χ0v) is 11.9. The Balaban J connectivity index is 2.13. The van der Waals surface area contributed by atoms with Crippen LogP contribution in [-0.2, 0) is 6.42 Å². The van der Waals surface area contributed by atoms with Gasteiger partial charge in [0.1, 0.15) is 0 Å². The molecule has 3 heteroatoms. The minimum Gasteiger partial charge on any atom is -0.327 e. The summed E-state index contributed by atoms with van der Waals surface area (Å²) in [5.74, 6) is 0. The first-order valence-electron chi connectivity index (χ1n) is 7.10. The van der Waals surface area contributed by atoms with Crippen molar-refractivity contribution in [3.8, 4) is 0 Å². The number of azo groups is 1. The van der Waals surface area contributed by atoms with Crippen LogP contribution in [0.25, 0.3) is 0 Å². The second-order valence-corrected chi connectivity index (χ2v) is 4.92. The summed E-state index contributed by atoms with van der Waals surface area (Å²) in [4.78, 5) is 0. The molecule has 2 rings (SSSR count). The van der Waals surface area contributed by atoms with Crippen molar-refractivity contribution in [3.05, 3.63) is 60.2 Å². The molecule has 0 radical (unpaired) electrons. The molecule has 0 aliphatic heterocycles. The molecule has 0 aliphatic rings. The van der Waals surface area contributed by atoms with E-state index in [0.29, 0.717) is 0 Å². The SMILES string of the molecule is CCCC(N)Cc1ccccc1N=Nc1ccccc1. The van der Waals surface area contributed by atoms with E-state index in [0.717, 1.165) is 36.2 Å². The van der Waals surface area contributed by atoms with Gasteiger partial charge in [0.2, 0.25) is 0 Å². The van der Waals surface area contributed by atoms with Gasteiger partial charge in [-0.05, 0) is 36.6 Å². The lowest BCUT2D eigenvalue weighted by atomic mass is 10.0. The third-order valence-corrected chi connectivity index (χ3v) is 3.16. The number of hydrogen-bond donors (Lipinski definition) is 1. The Hall–Kier alpha value is -2.00. The van der Waals surface area contributed by atoms with Gasteiger partial charge in [0.25, 0.3) is 0 Å². The van der Waals surface area contributed by atoms with Crippen LogP contribution in [0.1, 0.15) is 25.3 Å². The largest absolute Gasteiger partial charge is 0.327 e. The second-order valence-electron chi connectivity index (χ2n) is 4.92. The highest BCUT2D eigenvalue weighted by Crippen LogP contribution is 2.23. The number of nitrogens with two attached hydrogens (primary N) is 1. The molecule has 0 saturated carbocycles. The van der Waals surface area contributed by atoms with E-state index in [1.165, 1.54) is 0 Å². The summed E-state index contributed by atoms with van der Waals surface area (Å²) in [6.07, 6.45) is 2.98. The minimum absolute atomic E-state index is 0.188. The highest BCUT2D eigenvalue weighted by molar-refractivity contribution is 5.46. The van der Waals surface area contributed by atoms with Crippen molar-refractivity contribution in [1.29, 1.82) is 0 Å². The van der Waals surface area contributed by atoms with Gasteiger partial charge in [0.05, 0.1) is 11.4 Å². The van der Waals surface area contributed by atoms with Crippen LogP contribution in [0.5, 0.6) is 0 Å². The lowest BCUT2D eigenvalue weighted by Gasteiger charge is -2.11. The molecule has 2 N–H and O–H groups in total. The van der Waals surface area contributed by atoms with Gasteiger partial charge in [0.15, 0.2) is 0 Å². The van der Waals surface area contributed by atoms with Crippen molar-refractivity contribution < 1.29 is 0 Å². The zero-order valence-electron chi connectivity index (χ0n) is 11.9. The third-order valence-electron chi connectivity index (χ3n) is 3.16. The summed E-state index contributed by atoms with van der Waals surface area (Å²) in [5.41, 5.74) is 9.05. The number of hydrogen-bond acceptors (Lipinski definition) is 3. The summed E-state index contributed by atoms with van der Waals surface area (Å²) in [6.45, 7) is 2.15. The van der Waals surface area contributed by atoms with Crippen molar-refractivity contribution >= 4 is 11.4 Å². The van der Waals surface area contributed by atoms with Gasteiger partial charge in [-0.25, -0.2) is 0 Å².